The summed E-state index contributed by atoms with van der Waals surface area (Å²) in [6.07, 6.45) is 3.35. The van der Waals surface area contributed by atoms with E-state index in [0.29, 0.717) is 35.8 Å². The molecule has 0 fully saturated rings. The summed E-state index contributed by atoms with van der Waals surface area (Å²) in [6, 6.07) is 11.1. The average Bonchev–Trinajstić information content (AvgIpc) is 2.83. The first-order valence-electron chi connectivity index (χ1n) is 7.05. The van der Waals surface area contributed by atoms with Crippen LogP contribution in [0.4, 0.5) is 0 Å². The number of hydrogen-bond acceptors (Lipinski definition) is 3. The Morgan fingerprint density at radius 1 is 0.773 bits per heavy atom. The molecule has 0 aliphatic heterocycles. The van der Waals surface area contributed by atoms with Gasteiger partial charge >= 0.3 is 0 Å². The lowest BCUT2D eigenvalue weighted by Crippen LogP contribution is -1.99. The third-order valence-corrected chi connectivity index (χ3v) is 3.50. The Morgan fingerprint density at radius 2 is 1.23 bits per heavy atom. The minimum absolute atomic E-state index is 0.00175. The second kappa shape index (κ2) is 5.90. The molecule has 0 unspecified atom stereocenters. The van der Waals surface area contributed by atoms with Gasteiger partial charge in [-0.1, -0.05) is 25.3 Å². The first kappa shape index (κ1) is 14.1. The minimum Gasteiger partial charge on any atom is -0.490 e. The molecule has 110 valence electrons. The van der Waals surface area contributed by atoms with Gasteiger partial charge in [0.2, 0.25) is 0 Å². The molecule has 0 aromatic heterocycles. The van der Waals surface area contributed by atoms with E-state index in [4.69, 9.17) is 9.47 Å². The zero-order valence-electron chi connectivity index (χ0n) is 12.2. The van der Waals surface area contributed by atoms with Crippen molar-refractivity contribution >= 4 is 5.78 Å². The molecule has 3 heteroatoms. The summed E-state index contributed by atoms with van der Waals surface area (Å²) in [5, 5.41) is 0. The minimum atomic E-state index is -0.00175. The molecule has 3 rings (SSSR count). The van der Waals surface area contributed by atoms with Gasteiger partial charge in [-0.25, -0.2) is 0 Å². The molecule has 0 saturated heterocycles. The van der Waals surface area contributed by atoms with Crippen LogP contribution in [-0.4, -0.2) is 19.0 Å². The summed E-state index contributed by atoms with van der Waals surface area (Å²) < 4.78 is 11.0. The molecule has 22 heavy (non-hydrogen) atoms. The molecule has 0 N–H and O–H groups in total. The molecule has 1 aliphatic rings. The van der Waals surface area contributed by atoms with E-state index in [-0.39, 0.29) is 5.78 Å². The molecule has 0 heterocycles. The Morgan fingerprint density at radius 3 is 1.64 bits per heavy atom. The van der Waals surface area contributed by atoms with Gasteiger partial charge in [-0.15, -0.1) is 0 Å². The van der Waals surface area contributed by atoms with E-state index in [1.807, 2.05) is 24.3 Å². The van der Waals surface area contributed by atoms with Crippen LogP contribution < -0.4 is 9.47 Å². The number of ether oxygens (including phenoxy) is 2. The largest absolute Gasteiger partial charge is 0.490 e. The van der Waals surface area contributed by atoms with Crippen molar-refractivity contribution in [2.45, 2.75) is 0 Å². The van der Waals surface area contributed by atoms with Crippen LogP contribution in [0.15, 0.2) is 61.7 Å². The Hall–Kier alpha value is -2.81. The highest BCUT2D eigenvalue weighted by atomic mass is 16.5. The number of carbonyl (C=O) groups excluding carboxylic acids is 1. The number of hydrogen-bond donors (Lipinski definition) is 0. The molecule has 0 amide bonds. The molecular weight excluding hydrogens is 276 g/mol. The fourth-order valence-corrected chi connectivity index (χ4v) is 2.53. The second-order valence-electron chi connectivity index (χ2n) is 4.94. The smallest absolute Gasteiger partial charge is 0.194 e. The van der Waals surface area contributed by atoms with Crippen LogP contribution in [0.1, 0.15) is 15.9 Å². The maximum Gasteiger partial charge on any atom is 0.194 e. The van der Waals surface area contributed by atoms with E-state index in [1.165, 1.54) is 0 Å². The molecule has 2 aromatic rings. The normalized spacial score (nSPS) is 11.5. The summed E-state index contributed by atoms with van der Waals surface area (Å²) >= 11 is 0. The van der Waals surface area contributed by atoms with E-state index in [1.54, 1.807) is 24.3 Å². The zero-order valence-corrected chi connectivity index (χ0v) is 12.2. The Kier molecular flexibility index (Phi) is 3.79. The second-order valence-corrected chi connectivity index (χ2v) is 4.94. The van der Waals surface area contributed by atoms with Crippen molar-refractivity contribution in [3.63, 3.8) is 0 Å². The van der Waals surface area contributed by atoms with E-state index in [2.05, 4.69) is 13.2 Å². The van der Waals surface area contributed by atoms with Crippen molar-refractivity contribution in [3.8, 4) is 22.6 Å². The molecule has 3 nitrogen and oxygen atoms in total. The summed E-state index contributed by atoms with van der Waals surface area (Å²) in [5.74, 6) is 1.34. The van der Waals surface area contributed by atoms with Gasteiger partial charge in [0, 0.05) is 11.1 Å². The van der Waals surface area contributed by atoms with Gasteiger partial charge in [0.15, 0.2) is 5.78 Å². The quantitative estimate of drug-likeness (QED) is 0.643. The highest BCUT2D eigenvalue weighted by Gasteiger charge is 2.27. The van der Waals surface area contributed by atoms with Gasteiger partial charge < -0.3 is 9.47 Å². The van der Waals surface area contributed by atoms with Gasteiger partial charge in [-0.05, 0) is 47.5 Å². The first-order chi connectivity index (χ1) is 10.7. The van der Waals surface area contributed by atoms with Gasteiger partial charge in [0.1, 0.15) is 24.7 Å². The number of benzene rings is 2. The van der Waals surface area contributed by atoms with Gasteiger partial charge in [-0.2, -0.15) is 0 Å². The first-order valence-corrected chi connectivity index (χ1v) is 7.05. The third-order valence-electron chi connectivity index (χ3n) is 3.50. The Bertz CT molecular complexity index is 696. The lowest BCUT2D eigenvalue weighted by atomic mass is 10.1. The van der Waals surface area contributed by atoms with Crippen molar-refractivity contribution in [1.29, 1.82) is 0 Å². The molecule has 1 aliphatic carbocycles. The summed E-state index contributed by atoms with van der Waals surface area (Å²) in [4.78, 5) is 12.6. The standard InChI is InChI=1S/C19H16O3/c1-3-9-21-13-5-7-15-16-8-6-14(22-10-4-2)12-18(16)19(20)17(15)11-13/h3-8,11-12H,1-2,9-10H2. The monoisotopic (exact) mass is 292 g/mol. The van der Waals surface area contributed by atoms with Crippen LogP contribution in [-0.2, 0) is 0 Å². The maximum absolute atomic E-state index is 12.6. The van der Waals surface area contributed by atoms with Crippen LogP contribution in [0.25, 0.3) is 11.1 Å². The molecule has 0 radical (unpaired) electrons. The van der Waals surface area contributed by atoms with Crippen molar-refractivity contribution in [1.82, 2.24) is 0 Å². The van der Waals surface area contributed by atoms with Crippen LogP contribution in [0.5, 0.6) is 11.5 Å². The highest BCUT2D eigenvalue weighted by Crippen LogP contribution is 2.39. The van der Waals surface area contributed by atoms with Crippen LogP contribution in [0.3, 0.4) is 0 Å². The van der Waals surface area contributed by atoms with E-state index in [9.17, 15) is 4.79 Å². The molecule has 0 spiro atoms. The number of fused-ring (bicyclic) bond motifs is 3. The lowest BCUT2D eigenvalue weighted by Gasteiger charge is -2.06. The number of carbonyl (C=O) groups is 1. The lowest BCUT2D eigenvalue weighted by molar-refractivity contribution is 0.104. The van der Waals surface area contributed by atoms with Crippen molar-refractivity contribution in [2.75, 3.05) is 13.2 Å². The zero-order chi connectivity index (χ0) is 15.5. The fraction of sp³-hybridized carbons (Fsp3) is 0.105. The molecule has 2 aromatic carbocycles. The molecular formula is C19H16O3. The third kappa shape index (κ3) is 2.42. The average molecular weight is 292 g/mol. The Balaban J connectivity index is 1.96. The highest BCUT2D eigenvalue weighted by molar-refractivity contribution is 6.22. The van der Waals surface area contributed by atoms with E-state index < -0.39 is 0 Å². The number of rotatable bonds is 6. The van der Waals surface area contributed by atoms with Gasteiger partial charge in [0.05, 0.1) is 0 Å². The van der Waals surface area contributed by atoms with E-state index in [0.717, 1.165) is 11.1 Å². The van der Waals surface area contributed by atoms with E-state index >= 15 is 0 Å². The Labute approximate surface area is 129 Å². The van der Waals surface area contributed by atoms with Crippen molar-refractivity contribution in [2.24, 2.45) is 0 Å². The van der Waals surface area contributed by atoms with Gasteiger partial charge in [-0.3, -0.25) is 4.79 Å². The van der Waals surface area contributed by atoms with Crippen LogP contribution in [0, 0.1) is 0 Å². The predicted molar refractivity (Wildman–Crippen MR) is 86.7 cm³/mol. The molecule has 0 atom stereocenters. The topological polar surface area (TPSA) is 35.5 Å². The summed E-state index contributed by atoms with van der Waals surface area (Å²) in [7, 11) is 0. The number of ketones is 1. The molecule has 0 bridgehead atoms. The SMILES string of the molecule is C=CCOc1ccc2c(c1)C(=O)c1cc(OCC=C)ccc1-2. The van der Waals surface area contributed by atoms with Crippen molar-refractivity contribution < 1.29 is 14.3 Å². The fourth-order valence-electron chi connectivity index (χ4n) is 2.53. The summed E-state index contributed by atoms with van der Waals surface area (Å²) in [6.45, 7) is 8.07. The van der Waals surface area contributed by atoms with Crippen LogP contribution in [0.2, 0.25) is 0 Å². The van der Waals surface area contributed by atoms with Crippen molar-refractivity contribution in [3.05, 3.63) is 72.8 Å². The predicted octanol–water partition coefficient (Wildman–Crippen LogP) is 4.03. The molecule has 0 saturated carbocycles. The maximum atomic E-state index is 12.6. The van der Waals surface area contributed by atoms with Crippen LogP contribution >= 0.6 is 0 Å². The van der Waals surface area contributed by atoms with Gasteiger partial charge in [0.25, 0.3) is 0 Å². The summed E-state index contributed by atoms with van der Waals surface area (Å²) in [5.41, 5.74) is 3.19.